The third kappa shape index (κ3) is 4.26. The van der Waals surface area contributed by atoms with Crippen LogP contribution in [-0.4, -0.2) is 16.4 Å². The maximum absolute atomic E-state index is 11.6. The molecule has 0 saturated heterocycles. The number of hydrogen-bond donors (Lipinski definition) is 1. The van der Waals surface area contributed by atoms with Crippen LogP contribution in [-0.2, 0) is 4.79 Å². The molecule has 0 aliphatic carbocycles. The van der Waals surface area contributed by atoms with Crippen LogP contribution in [0.1, 0.15) is 32.8 Å². The van der Waals surface area contributed by atoms with E-state index in [-0.39, 0.29) is 11.4 Å². The maximum atomic E-state index is 11.6. The van der Waals surface area contributed by atoms with E-state index >= 15 is 0 Å². The average molecular weight is 218 g/mol. The first-order valence-electron chi connectivity index (χ1n) is 5.44. The maximum Gasteiger partial charge on any atom is 0.244 e. The van der Waals surface area contributed by atoms with Crippen molar-refractivity contribution in [3.8, 4) is 0 Å². The number of aromatic nitrogens is 1. The largest absolute Gasteiger partial charge is 0.348 e. The number of carbonyl (C=O) groups excluding carboxylic acids is 1. The van der Waals surface area contributed by atoms with Crippen LogP contribution >= 0.6 is 0 Å². The fourth-order valence-corrected chi connectivity index (χ4v) is 1.11. The summed E-state index contributed by atoms with van der Waals surface area (Å²) in [5.74, 6) is -0.0661. The van der Waals surface area contributed by atoms with Gasteiger partial charge in [0.25, 0.3) is 0 Å². The summed E-state index contributed by atoms with van der Waals surface area (Å²) in [6.07, 6.45) is 7.64. The van der Waals surface area contributed by atoms with Crippen molar-refractivity contribution >= 4 is 12.0 Å². The van der Waals surface area contributed by atoms with E-state index in [1.165, 1.54) is 0 Å². The van der Waals surface area contributed by atoms with Crippen LogP contribution in [0.4, 0.5) is 0 Å². The molecule has 3 nitrogen and oxygen atoms in total. The van der Waals surface area contributed by atoms with Gasteiger partial charge in [-0.3, -0.25) is 9.78 Å². The van der Waals surface area contributed by atoms with Crippen LogP contribution in [0, 0.1) is 0 Å². The Labute approximate surface area is 96.6 Å². The minimum atomic E-state index is -0.153. The summed E-state index contributed by atoms with van der Waals surface area (Å²) in [6, 6.07) is 3.71. The van der Waals surface area contributed by atoms with E-state index in [0.717, 1.165) is 12.0 Å². The Hall–Kier alpha value is -1.64. The zero-order valence-corrected chi connectivity index (χ0v) is 10.0. The first-order valence-corrected chi connectivity index (χ1v) is 5.44. The monoisotopic (exact) mass is 218 g/mol. The summed E-state index contributed by atoms with van der Waals surface area (Å²) in [4.78, 5) is 15.5. The van der Waals surface area contributed by atoms with Gasteiger partial charge in [0.2, 0.25) is 5.91 Å². The fraction of sp³-hybridized carbons (Fsp3) is 0.385. The fourth-order valence-electron chi connectivity index (χ4n) is 1.11. The Morgan fingerprint density at radius 2 is 2.06 bits per heavy atom. The molecule has 1 aromatic rings. The molecule has 0 spiro atoms. The van der Waals surface area contributed by atoms with E-state index in [9.17, 15) is 4.79 Å². The summed E-state index contributed by atoms with van der Waals surface area (Å²) in [6.45, 7) is 6.06. The molecule has 0 unspecified atom stereocenters. The molecule has 0 fully saturated rings. The lowest BCUT2D eigenvalue weighted by molar-refractivity contribution is -0.117. The lowest BCUT2D eigenvalue weighted by Crippen LogP contribution is -2.41. The number of amides is 1. The molecule has 16 heavy (non-hydrogen) atoms. The van der Waals surface area contributed by atoms with E-state index in [4.69, 9.17) is 0 Å². The van der Waals surface area contributed by atoms with Crippen molar-refractivity contribution < 1.29 is 4.79 Å². The van der Waals surface area contributed by atoms with Crippen LogP contribution in [0.15, 0.2) is 30.6 Å². The smallest absolute Gasteiger partial charge is 0.244 e. The standard InChI is InChI=1S/C13H18N2O/c1-4-13(2,3)15-12(16)6-5-11-7-9-14-10-8-11/h5-10H,4H2,1-3H3,(H,15,16). The molecule has 1 aromatic heterocycles. The van der Waals surface area contributed by atoms with Gasteiger partial charge in [-0.15, -0.1) is 0 Å². The third-order valence-electron chi connectivity index (χ3n) is 2.48. The lowest BCUT2D eigenvalue weighted by Gasteiger charge is -2.23. The molecule has 0 aliphatic rings. The molecule has 0 bridgehead atoms. The van der Waals surface area contributed by atoms with Gasteiger partial charge in [0.05, 0.1) is 0 Å². The molecule has 0 radical (unpaired) electrons. The highest BCUT2D eigenvalue weighted by molar-refractivity contribution is 5.92. The van der Waals surface area contributed by atoms with Crippen molar-refractivity contribution in [1.82, 2.24) is 10.3 Å². The number of nitrogens with one attached hydrogen (secondary N) is 1. The summed E-state index contributed by atoms with van der Waals surface area (Å²) >= 11 is 0. The number of nitrogens with zero attached hydrogens (tertiary/aromatic N) is 1. The topological polar surface area (TPSA) is 42.0 Å². The van der Waals surface area contributed by atoms with Crippen molar-refractivity contribution in [1.29, 1.82) is 0 Å². The highest BCUT2D eigenvalue weighted by atomic mass is 16.1. The molecule has 0 atom stereocenters. The highest BCUT2D eigenvalue weighted by Crippen LogP contribution is 2.07. The minimum absolute atomic E-state index is 0.0661. The molecule has 0 saturated carbocycles. The van der Waals surface area contributed by atoms with Crippen LogP contribution in [0.25, 0.3) is 6.08 Å². The number of carbonyl (C=O) groups is 1. The van der Waals surface area contributed by atoms with Gasteiger partial charge in [-0.05, 0) is 44.0 Å². The van der Waals surface area contributed by atoms with Gasteiger partial charge in [-0.1, -0.05) is 6.92 Å². The Morgan fingerprint density at radius 3 is 2.62 bits per heavy atom. The van der Waals surface area contributed by atoms with Crippen molar-refractivity contribution in [3.05, 3.63) is 36.2 Å². The molecule has 0 aromatic carbocycles. The van der Waals surface area contributed by atoms with Crippen molar-refractivity contribution in [2.24, 2.45) is 0 Å². The summed E-state index contributed by atoms with van der Waals surface area (Å²) in [5, 5.41) is 2.93. The summed E-state index contributed by atoms with van der Waals surface area (Å²) in [7, 11) is 0. The van der Waals surface area contributed by atoms with E-state index in [1.807, 2.05) is 32.9 Å². The third-order valence-corrected chi connectivity index (χ3v) is 2.48. The predicted molar refractivity (Wildman–Crippen MR) is 65.8 cm³/mol. The van der Waals surface area contributed by atoms with Crippen LogP contribution < -0.4 is 5.32 Å². The molecule has 1 amide bonds. The first kappa shape index (κ1) is 12.4. The van der Waals surface area contributed by atoms with E-state index in [2.05, 4.69) is 10.3 Å². The van der Waals surface area contributed by atoms with Gasteiger partial charge in [0, 0.05) is 24.0 Å². The second kappa shape index (κ2) is 5.45. The second-order valence-corrected chi connectivity index (χ2v) is 4.34. The molecule has 1 heterocycles. The van der Waals surface area contributed by atoms with Crippen molar-refractivity contribution in [3.63, 3.8) is 0 Å². The first-order chi connectivity index (χ1) is 7.53. The van der Waals surface area contributed by atoms with E-state index < -0.39 is 0 Å². The highest BCUT2D eigenvalue weighted by Gasteiger charge is 2.15. The molecule has 3 heteroatoms. The number of rotatable bonds is 4. The Balaban J connectivity index is 2.56. The van der Waals surface area contributed by atoms with Crippen molar-refractivity contribution in [2.75, 3.05) is 0 Å². The van der Waals surface area contributed by atoms with E-state index in [1.54, 1.807) is 24.5 Å². The molecule has 1 N–H and O–H groups in total. The minimum Gasteiger partial charge on any atom is -0.348 e. The normalized spacial score (nSPS) is 11.7. The Bertz CT molecular complexity index is 369. The van der Waals surface area contributed by atoms with Crippen molar-refractivity contribution in [2.45, 2.75) is 32.7 Å². The average Bonchev–Trinajstić information content (AvgIpc) is 2.27. The van der Waals surface area contributed by atoms with Gasteiger partial charge in [0.1, 0.15) is 0 Å². The van der Waals surface area contributed by atoms with Gasteiger partial charge in [-0.2, -0.15) is 0 Å². The molecule has 86 valence electrons. The zero-order chi connectivity index (χ0) is 12.0. The van der Waals surface area contributed by atoms with E-state index in [0.29, 0.717) is 0 Å². The van der Waals surface area contributed by atoms with Crippen LogP contribution in [0.3, 0.4) is 0 Å². The van der Waals surface area contributed by atoms with Gasteiger partial charge in [-0.25, -0.2) is 0 Å². The Kier molecular flexibility index (Phi) is 4.23. The lowest BCUT2D eigenvalue weighted by atomic mass is 10.0. The molecular weight excluding hydrogens is 200 g/mol. The van der Waals surface area contributed by atoms with Gasteiger partial charge < -0.3 is 5.32 Å². The number of hydrogen-bond acceptors (Lipinski definition) is 2. The Morgan fingerprint density at radius 1 is 1.44 bits per heavy atom. The van der Waals surface area contributed by atoms with Crippen LogP contribution in [0.5, 0.6) is 0 Å². The van der Waals surface area contributed by atoms with Gasteiger partial charge >= 0.3 is 0 Å². The van der Waals surface area contributed by atoms with Crippen LogP contribution in [0.2, 0.25) is 0 Å². The second-order valence-electron chi connectivity index (χ2n) is 4.34. The van der Waals surface area contributed by atoms with Gasteiger partial charge in [0.15, 0.2) is 0 Å². The SMILES string of the molecule is CCC(C)(C)NC(=O)C=Cc1ccncc1. The molecular formula is C13H18N2O. The predicted octanol–water partition coefficient (Wildman–Crippen LogP) is 2.40. The molecule has 0 aliphatic heterocycles. The zero-order valence-electron chi connectivity index (χ0n) is 10.0. The quantitative estimate of drug-likeness (QED) is 0.788. The molecule has 1 rings (SSSR count). The number of pyridine rings is 1. The summed E-state index contributed by atoms with van der Waals surface area (Å²) < 4.78 is 0. The summed E-state index contributed by atoms with van der Waals surface area (Å²) in [5.41, 5.74) is 0.819.